The van der Waals surface area contributed by atoms with Crippen LogP contribution in [-0.4, -0.2) is 98.7 Å². The number of rotatable bonds is 22. The van der Waals surface area contributed by atoms with E-state index in [1.54, 1.807) is 0 Å². The number of carbonyl (C=O) groups excluding carboxylic acids is 4. The Labute approximate surface area is 271 Å². The number of hydrogen-bond acceptors (Lipinski definition) is 10. The van der Waals surface area contributed by atoms with Gasteiger partial charge < -0.3 is 53.2 Å². The maximum absolute atomic E-state index is 13.5. The minimum atomic E-state index is -1.57. The van der Waals surface area contributed by atoms with Gasteiger partial charge in [-0.25, -0.2) is 4.79 Å². The average molecular weight is 667 g/mol. The standard InChI is InChI=1S/C30H46N6O11/c1-16(2)25(30(46)47)36-28(44)21(11-13-24(40)41)33-27(43)20(10-12-23(38)39)34-29(45)22(15-17-6-8-18(37)9-7-17)35-26(42)19(32)5-3-4-14-31/h6-9,16,19-22,25,37H,3-5,10-15,31-32H2,1-2H3,(H,33,43)(H,34,45)(H,35,42)(H,36,44)(H,38,39)(H,40,41)(H,46,47)/t19-,20-,21-,22-,25-/m0/s1. The molecule has 47 heavy (non-hydrogen) atoms. The number of aliphatic carboxylic acids is 3. The van der Waals surface area contributed by atoms with Crippen LogP contribution in [0.3, 0.4) is 0 Å². The van der Waals surface area contributed by atoms with Crippen molar-refractivity contribution in [3.8, 4) is 5.75 Å². The van der Waals surface area contributed by atoms with E-state index in [1.165, 1.54) is 38.1 Å². The smallest absolute Gasteiger partial charge is 0.326 e. The monoisotopic (exact) mass is 666 g/mol. The van der Waals surface area contributed by atoms with Gasteiger partial charge in [-0.15, -0.1) is 0 Å². The number of carboxylic acid groups (broad SMARTS) is 3. The molecule has 0 fully saturated rings. The van der Waals surface area contributed by atoms with Gasteiger partial charge in [0.15, 0.2) is 0 Å². The van der Waals surface area contributed by atoms with Gasteiger partial charge >= 0.3 is 17.9 Å². The van der Waals surface area contributed by atoms with Crippen molar-refractivity contribution >= 4 is 41.5 Å². The summed E-state index contributed by atoms with van der Waals surface area (Å²) in [5, 5.41) is 47.0. The van der Waals surface area contributed by atoms with Gasteiger partial charge in [0.25, 0.3) is 0 Å². The number of hydrogen-bond donors (Lipinski definition) is 10. The first kappa shape index (κ1) is 40.3. The Morgan fingerprint density at radius 3 is 1.60 bits per heavy atom. The second-order valence-corrected chi connectivity index (χ2v) is 11.4. The van der Waals surface area contributed by atoms with Crippen LogP contribution in [0.25, 0.3) is 0 Å². The molecule has 0 aromatic heterocycles. The molecule has 17 heteroatoms. The number of carbonyl (C=O) groups is 7. The van der Waals surface area contributed by atoms with Crippen molar-refractivity contribution in [2.75, 3.05) is 6.54 Å². The van der Waals surface area contributed by atoms with Crippen molar-refractivity contribution in [3.05, 3.63) is 29.8 Å². The Kier molecular flexibility index (Phi) is 17.4. The lowest BCUT2D eigenvalue weighted by molar-refractivity contribution is -0.144. The van der Waals surface area contributed by atoms with Gasteiger partial charge in [-0.2, -0.15) is 0 Å². The second-order valence-electron chi connectivity index (χ2n) is 11.4. The van der Waals surface area contributed by atoms with Crippen molar-refractivity contribution < 1.29 is 54.0 Å². The summed E-state index contributed by atoms with van der Waals surface area (Å²) in [6.07, 6.45) is -0.746. The second kappa shape index (κ2) is 20.4. The van der Waals surface area contributed by atoms with E-state index in [0.717, 1.165) is 0 Å². The van der Waals surface area contributed by atoms with Gasteiger partial charge in [-0.3, -0.25) is 28.8 Å². The Morgan fingerprint density at radius 2 is 1.15 bits per heavy atom. The fourth-order valence-electron chi connectivity index (χ4n) is 4.38. The number of aromatic hydroxyl groups is 1. The molecule has 0 aliphatic heterocycles. The largest absolute Gasteiger partial charge is 0.508 e. The van der Waals surface area contributed by atoms with E-state index >= 15 is 0 Å². The summed E-state index contributed by atoms with van der Waals surface area (Å²) in [6.45, 7) is 3.46. The quantitative estimate of drug-likeness (QED) is 0.0651. The molecule has 0 unspecified atom stereocenters. The van der Waals surface area contributed by atoms with Gasteiger partial charge in [0, 0.05) is 19.3 Å². The molecule has 0 bridgehead atoms. The number of benzene rings is 1. The molecule has 1 aromatic rings. The molecule has 4 amide bonds. The van der Waals surface area contributed by atoms with Gasteiger partial charge in [-0.05, 0) is 55.8 Å². The third-order valence-electron chi connectivity index (χ3n) is 7.11. The summed E-state index contributed by atoms with van der Waals surface area (Å²) in [5.74, 6) is -8.19. The van der Waals surface area contributed by atoms with Crippen LogP contribution in [-0.2, 0) is 40.0 Å². The Balaban J connectivity index is 3.29. The maximum atomic E-state index is 13.5. The lowest BCUT2D eigenvalue weighted by Gasteiger charge is -2.27. The van der Waals surface area contributed by atoms with E-state index in [-0.39, 0.29) is 18.6 Å². The zero-order valence-electron chi connectivity index (χ0n) is 26.4. The molecule has 1 rings (SSSR count). The Bertz CT molecular complexity index is 1240. The molecule has 0 heterocycles. The fraction of sp³-hybridized carbons (Fsp3) is 0.567. The van der Waals surface area contributed by atoms with Crippen molar-refractivity contribution in [2.45, 2.75) is 95.4 Å². The summed E-state index contributed by atoms with van der Waals surface area (Å²) in [5.41, 5.74) is 12.0. The zero-order valence-corrected chi connectivity index (χ0v) is 26.4. The number of carboxylic acids is 3. The van der Waals surface area contributed by atoms with Crippen LogP contribution in [0.2, 0.25) is 0 Å². The maximum Gasteiger partial charge on any atom is 0.326 e. The number of nitrogens with two attached hydrogens (primary N) is 2. The topological polar surface area (TPSA) is 301 Å². The summed E-state index contributed by atoms with van der Waals surface area (Å²) in [4.78, 5) is 87.0. The fourth-order valence-corrected chi connectivity index (χ4v) is 4.38. The van der Waals surface area contributed by atoms with E-state index in [0.29, 0.717) is 24.9 Å². The van der Waals surface area contributed by atoms with Crippen molar-refractivity contribution in [2.24, 2.45) is 17.4 Å². The van der Waals surface area contributed by atoms with Crippen molar-refractivity contribution in [1.29, 1.82) is 0 Å². The highest BCUT2D eigenvalue weighted by Gasteiger charge is 2.33. The Hall–Kier alpha value is -4.77. The lowest BCUT2D eigenvalue weighted by Crippen LogP contribution is -2.59. The highest BCUT2D eigenvalue weighted by Crippen LogP contribution is 2.13. The normalized spacial score (nSPS) is 14.1. The molecule has 0 saturated carbocycles. The number of phenolic OH excluding ortho intramolecular Hbond substituents is 1. The molecule has 12 N–H and O–H groups in total. The summed E-state index contributed by atoms with van der Waals surface area (Å²) in [6, 6.07) is -1.05. The molecule has 5 atom stereocenters. The highest BCUT2D eigenvalue weighted by atomic mass is 16.4. The molecule has 0 saturated heterocycles. The zero-order chi connectivity index (χ0) is 35.7. The predicted octanol–water partition coefficient (Wildman–Crippen LogP) is -1.20. The minimum Gasteiger partial charge on any atom is -0.508 e. The van der Waals surface area contributed by atoms with E-state index in [2.05, 4.69) is 21.3 Å². The van der Waals surface area contributed by atoms with Crippen molar-refractivity contribution in [3.63, 3.8) is 0 Å². The number of phenols is 1. The average Bonchev–Trinajstić information content (AvgIpc) is 2.99. The minimum absolute atomic E-state index is 0.0457. The van der Waals surface area contributed by atoms with E-state index in [4.69, 9.17) is 16.6 Å². The van der Waals surface area contributed by atoms with Gasteiger partial charge in [0.1, 0.15) is 29.9 Å². The first-order valence-electron chi connectivity index (χ1n) is 15.2. The van der Waals surface area contributed by atoms with Crippen LogP contribution < -0.4 is 32.7 Å². The molecule has 0 aliphatic rings. The van der Waals surface area contributed by atoms with E-state index in [1.807, 2.05) is 0 Å². The predicted molar refractivity (Wildman–Crippen MR) is 167 cm³/mol. The molecule has 0 aliphatic carbocycles. The SMILES string of the molecule is CC(C)[C@H](NC(=O)[C@H](CCC(=O)O)NC(=O)[C@H](CCC(=O)O)NC(=O)[C@H](Cc1ccc(O)cc1)NC(=O)[C@@H](N)CCCCN)C(=O)O. The molecule has 17 nitrogen and oxygen atoms in total. The van der Waals surface area contributed by atoms with Gasteiger partial charge in [-0.1, -0.05) is 32.4 Å². The molecule has 0 spiro atoms. The van der Waals surface area contributed by atoms with Gasteiger partial charge in [0.05, 0.1) is 6.04 Å². The third-order valence-corrected chi connectivity index (χ3v) is 7.11. The lowest BCUT2D eigenvalue weighted by atomic mass is 10.0. The highest BCUT2D eigenvalue weighted by molar-refractivity contribution is 5.95. The van der Waals surface area contributed by atoms with E-state index in [9.17, 15) is 48.9 Å². The van der Waals surface area contributed by atoms with E-state index < -0.39 is 103 Å². The number of nitrogens with one attached hydrogen (secondary N) is 4. The summed E-state index contributed by atoms with van der Waals surface area (Å²) >= 11 is 0. The molecular formula is C30H46N6O11. The number of unbranched alkanes of at least 4 members (excludes halogenated alkanes) is 1. The summed E-state index contributed by atoms with van der Waals surface area (Å²) < 4.78 is 0. The van der Waals surface area contributed by atoms with Crippen LogP contribution in [0.4, 0.5) is 0 Å². The molecule has 262 valence electrons. The number of amides is 4. The first-order valence-corrected chi connectivity index (χ1v) is 15.2. The van der Waals surface area contributed by atoms with Crippen LogP contribution >= 0.6 is 0 Å². The Morgan fingerprint density at radius 1 is 0.681 bits per heavy atom. The summed E-state index contributed by atoms with van der Waals surface area (Å²) in [7, 11) is 0. The third kappa shape index (κ3) is 15.4. The van der Waals surface area contributed by atoms with Crippen LogP contribution in [0.5, 0.6) is 5.75 Å². The molecule has 0 radical (unpaired) electrons. The molecule has 1 aromatic carbocycles. The van der Waals surface area contributed by atoms with Gasteiger partial charge in [0.2, 0.25) is 23.6 Å². The van der Waals surface area contributed by atoms with Crippen LogP contribution in [0.1, 0.15) is 64.4 Å². The first-order chi connectivity index (χ1) is 22.0. The van der Waals surface area contributed by atoms with Crippen LogP contribution in [0, 0.1) is 5.92 Å². The van der Waals surface area contributed by atoms with Crippen molar-refractivity contribution in [1.82, 2.24) is 21.3 Å². The van der Waals surface area contributed by atoms with Crippen LogP contribution in [0.15, 0.2) is 24.3 Å². The molecular weight excluding hydrogens is 620 g/mol.